The molecule has 8 nitrogen and oxygen atoms in total. The molecule has 0 unspecified atom stereocenters. The number of benzene rings is 2. The van der Waals surface area contributed by atoms with Crippen LogP contribution in [-0.4, -0.2) is 62.1 Å². The van der Waals surface area contributed by atoms with E-state index in [4.69, 9.17) is 0 Å². The Morgan fingerprint density at radius 2 is 1.88 bits per heavy atom. The fourth-order valence-electron chi connectivity index (χ4n) is 5.23. The number of carbonyl (C=O) groups excluding carboxylic acids is 1. The Kier molecular flexibility index (Phi) is 4.80. The first-order valence-corrected chi connectivity index (χ1v) is 11.2. The van der Waals surface area contributed by atoms with Gasteiger partial charge in [-0.15, -0.1) is 0 Å². The van der Waals surface area contributed by atoms with Crippen LogP contribution in [0.2, 0.25) is 0 Å². The maximum atomic E-state index is 14.6. The topological polar surface area (TPSA) is 98.0 Å². The summed E-state index contributed by atoms with van der Waals surface area (Å²) in [6.07, 6.45) is 3.93. The van der Waals surface area contributed by atoms with Gasteiger partial charge in [0.05, 0.1) is 23.2 Å². The van der Waals surface area contributed by atoms with Crippen molar-refractivity contribution in [2.45, 2.75) is 13.0 Å². The Bertz CT molecular complexity index is 1430. The third kappa shape index (κ3) is 3.58. The van der Waals surface area contributed by atoms with E-state index in [-0.39, 0.29) is 22.4 Å². The van der Waals surface area contributed by atoms with Crippen molar-refractivity contribution in [2.75, 3.05) is 26.2 Å². The predicted octanol–water partition coefficient (Wildman–Crippen LogP) is 2.33. The van der Waals surface area contributed by atoms with Gasteiger partial charge in [0.1, 0.15) is 11.6 Å². The van der Waals surface area contributed by atoms with E-state index in [1.165, 1.54) is 6.07 Å². The molecule has 0 bridgehead atoms. The normalized spacial score (nSPS) is 17.0. The van der Waals surface area contributed by atoms with Gasteiger partial charge in [-0.1, -0.05) is 24.3 Å². The van der Waals surface area contributed by atoms with Crippen molar-refractivity contribution in [2.24, 2.45) is 5.41 Å². The smallest absolute Gasteiger partial charge is 0.272 e. The van der Waals surface area contributed by atoms with E-state index in [9.17, 15) is 14.0 Å². The van der Waals surface area contributed by atoms with E-state index < -0.39 is 5.82 Å². The summed E-state index contributed by atoms with van der Waals surface area (Å²) in [5.74, 6) is 0.126. The van der Waals surface area contributed by atoms with Crippen LogP contribution in [0.1, 0.15) is 27.4 Å². The van der Waals surface area contributed by atoms with Crippen molar-refractivity contribution < 1.29 is 9.18 Å². The van der Waals surface area contributed by atoms with E-state index >= 15 is 0 Å². The number of carbonyl (C=O) groups is 1. The van der Waals surface area contributed by atoms with Crippen LogP contribution >= 0.6 is 0 Å². The highest BCUT2D eigenvalue weighted by Crippen LogP contribution is 2.40. The fraction of sp³-hybridized carbons (Fsp3) is 0.280. The van der Waals surface area contributed by atoms with Gasteiger partial charge < -0.3 is 9.88 Å². The second-order valence-corrected chi connectivity index (χ2v) is 9.38. The second-order valence-electron chi connectivity index (χ2n) is 9.38. The molecule has 0 saturated carbocycles. The van der Waals surface area contributed by atoms with E-state index in [1.54, 1.807) is 35.4 Å². The van der Waals surface area contributed by atoms with Crippen LogP contribution in [0.5, 0.6) is 0 Å². The second kappa shape index (κ2) is 7.88. The lowest BCUT2D eigenvalue weighted by Crippen LogP contribution is -2.72. The molecule has 6 rings (SSSR count). The summed E-state index contributed by atoms with van der Waals surface area (Å²) >= 11 is 0. The molecular weight excluding hydrogens is 435 g/mol. The number of H-pyrrole nitrogens is 2. The number of aromatic nitrogens is 4. The summed E-state index contributed by atoms with van der Waals surface area (Å²) in [4.78, 5) is 36.5. The van der Waals surface area contributed by atoms with Crippen molar-refractivity contribution in [1.29, 1.82) is 0 Å². The van der Waals surface area contributed by atoms with Gasteiger partial charge in [0.25, 0.3) is 11.5 Å². The zero-order valence-electron chi connectivity index (χ0n) is 18.4. The molecule has 1 spiro atoms. The average molecular weight is 458 g/mol. The largest absolute Gasteiger partial charge is 0.348 e. The first-order chi connectivity index (χ1) is 16.5. The Hall–Kier alpha value is -3.85. The summed E-state index contributed by atoms with van der Waals surface area (Å²) in [6, 6.07) is 11.8. The Morgan fingerprint density at radius 3 is 2.65 bits per heavy atom. The number of hydrogen-bond acceptors (Lipinski definition) is 5. The molecule has 2 N–H and O–H groups in total. The van der Waals surface area contributed by atoms with Gasteiger partial charge in [-0.05, 0) is 23.8 Å². The number of nitrogens with one attached hydrogen (secondary N) is 2. The zero-order valence-corrected chi connectivity index (χ0v) is 18.4. The van der Waals surface area contributed by atoms with Crippen molar-refractivity contribution >= 4 is 16.7 Å². The minimum absolute atomic E-state index is 0.0767. The van der Waals surface area contributed by atoms with Gasteiger partial charge in [0.2, 0.25) is 0 Å². The van der Waals surface area contributed by atoms with Crippen molar-refractivity contribution in [3.63, 3.8) is 0 Å². The fourth-order valence-corrected chi connectivity index (χ4v) is 5.23. The molecule has 172 valence electrons. The van der Waals surface area contributed by atoms with Gasteiger partial charge in [-0.2, -0.15) is 5.10 Å². The highest BCUT2D eigenvalue weighted by molar-refractivity contribution is 5.95. The van der Waals surface area contributed by atoms with Gasteiger partial charge in [0, 0.05) is 55.8 Å². The van der Waals surface area contributed by atoms with E-state index in [0.29, 0.717) is 30.6 Å². The van der Waals surface area contributed by atoms with E-state index in [2.05, 4.69) is 25.1 Å². The molecule has 0 radical (unpaired) electrons. The minimum atomic E-state index is -0.526. The molecular formula is C25H23FN6O2. The summed E-state index contributed by atoms with van der Waals surface area (Å²) < 4.78 is 14.6. The summed E-state index contributed by atoms with van der Waals surface area (Å²) in [5.41, 5.74) is 1.37. The molecule has 2 fully saturated rings. The van der Waals surface area contributed by atoms with Gasteiger partial charge >= 0.3 is 0 Å². The van der Waals surface area contributed by atoms with Gasteiger partial charge in [-0.3, -0.25) is 14.5 Å². The number of aromatic amines is 2. The third-order valence-corrected chi connectivity index (χ3v) is 6.79. The lowest BCUT2D eigenvalue weighted by atomic mass is 9.72. The van der Waals surface area contributed by atoms with Crippen LogP contribution in [0.4, 0.5) is 4.39 Å². The maximum absolute atomic E-state index is 14.6. The SMILES string of the molecule is O=C(c1cc(Cc2n[nH]c(=O)c3ccccc23)ccc1F)N1CC2(CN(Cc3ncc[nH]3)C2)C1. The van der Waals surface area contributed by atoms with Crippen molar-refractivity contribution in [1.82, 2.24) is 30.0 Å². The number of halogens is 1. The number of imidazole rings is 1. The van der Waals surface area contributed by atoms with Gasteiger partial charge in [0.15, 0.2) is 0 Å². The standard InChI is InChI=1S/C25H23FN6O2/c26-20-6-5-16(10-21-17-3-1-2-4-18(17)23(33)30-29-21)9-19(20)24(34)32-14-25(15-32)12-31(13-25)11-22-27-7-8-28-22/h1-9H,10-15H2,(H,27,28)(H,30,33). The highest BCUT2D eigenvalue weighted by Gasteiger charge is 2.53. The molecule has 4 heterocycles. The molecule has 1 amide bonds. The first kappa shape index (κ1) is 20.7. The number of amides is 1. The molecule has 2 saturated heterocycles. The minimum Gasteiger partial charge on any atom is -0.348 e. The van der Waals surface area contributed by atoms with Crippen LogP contribution in [0.25, 0.3) is 10.8 Å². The van der Waals surface area contributed by atoms with Crippen LogP contribution in [0.3, 0.4) is 0 Å². The Morgan fingerprint density at radius 1 is 1.09 bits per heavy atom. The number of fused-ring (bicyclic) bond motifs is 1. The Labute approximate surface area is 194 Å². The van der Waals surface area contributed by atoms with E-state index in [1.807, 2.05) is 18.3 Å². The number of nitrogens with zero attached hydrogens (tertiary/aromatic N) is 4. The molecule has 2 aliphatic heterocycles. The molecule has 0 aliphatic carbocycles. The number of rotatable bonds is 5. The Balaban J connectivity index is 1.14. The molecule has 2 aromatic carbocycles. The maximum Gasteiger partial charge on any atom is 0.272 e. The first-order valence-electron chi connectivity index (χ1n) is 11.2. The summed E-state index contributed by atoms with van der Waals surface area (Å²) in [7, 11) is 0. The summed E-state index contributed by atoms with van der Waals surface area (Å²) in [6.45, 7) is 3.86. The monoisotopic (exact) mass is 458 g/mol. The van der Waals surface area contributed by atoms with Crippen molar-refractivity contribution in [3.8, 4) is 0 Å². The lowest BCUT2D eigenvalue weighted by molar-refractivity contribution is -0.102. The van der Waals surface area contributed by atoms with Crippen molar-refractivity contribution in [3.05, 3.63) is 93.7 Å². The van der Waals surface area contributed by atoms with E-state index in [0.717, 1.165) is 36.4 Å². The quantitative estimate of drug-likeness (QED) is 0.478. The molecule has 2 aliphatic rings. The zero-order chi connectivity index (χ0) is 23.3. The van der Waals surface area contributed by atoms with Gasteiger partial charge in [-0.25, -0.2) is 14.5 Å². The third-order valence-electron chi connectivity index (χ3n) is 6.79. The number of hydrogen-bond donors (Lipinski definition) is 2. The highest BCUT2D eigenvalue weighted by atomic mass is 19.1. The molecule has 4 aromatic rings. The summed E-state index contributed by atoms with van der Waals surface area (Å²) in [5, 5.41) is 8.02. The number of likely N-dealkylation sites (tertiary alicyclic amines) is 2. The van der Waals surface area contributed by atoms with Crippen LogP contribution in [0, 0.1) is 11.2 Å². The van der Waals surface area contributed by atoms with Crippen LogP contribution < -0.4 is 5.56 Å². The molecule has 0 atom stereocenters. The molecule has 9 heteroatoms. The van der Waals surface area contributed by atoms with Crippen LogP contribution in [0.15, 0.2) is 59.7 Å². The lowest BCUT2D eigenvalue weighted by Gasteiger charge is -2.60. The molecule has 34 heavy (non-hydrogen) atoms. The average Bonchev–Trinajstić information content (AvgIpc) is 3.31. The van der Waals surface area contributed by atoms with Crippen LogP contribution in [-0.2, 0) is 13.0 Å². The predicted molar refractivity (Wildman–Crippen MR) is 124 cm³/mol. The molecule has 2 aromatic heterocycles.